The van der Waals surface area contributed by atoms with Crippen molar-refractivity contribution in [3.05, 3.63) is 11.4 Å². The van der Waals surface area contributed by atoms with Gasteiger partial charge in [0, 0.05) is 26.2 Å². The molecule has 0 amide bonds. The SMILES string of the molecule is Cc1nn(C)c(C)c1S(=O)(=O)N1CCCCC1C(C)CN(C)C. The van der Waals surface area contributed by atoms with E-state index in [2.05, 4.69) is 16.9 Å². The van der Waals surface area contributed by atoms with Crippen LogP contribution in [0.1, 0.15) is 37.6 Å². The van der Waals surface area contributed by atoms with Crippen LogP contribution < -0.4 is 0 Å². The molecule has 1 fully saturated rings. The second-order valence-corrected chi connectivity index (χ2v) is 8.87. The van der Waals surface area contributed by atoms with Gasteiger partial charge in [0.1, 0.15) is 4.90 Å². The third kappa shape index (κ3) is 3.61. The fourth-order valence-corrected chi connectivity index (χ4v) is 5.93. The van der Waals surface area contributed by atoms with Gasteiger partial charge in [-0.1, -0.05) is 13.3 Å². The fourth-order valence-electron chi connectivity index (χ4n) is 3.74. The first kappa shape index (κ1) is 18.4. The summed E-state index contributed by atoms with van der Waals surface area (Å²) in [5.74, 6) is 0.303. The molecule has 0 bridgehead atoms. The number of piperidine rings is 1. The largest absolute Gasteiger partial charge is 0.309 e. The van der Waals surface area contributed by atoms with Crippen LogP contribution in [-0.4, -0.2) is 60.6 Å². The van der Waals surface area contributed by atoms with Crippen LogP contribution in [0, 0.1) is 19.8 Å². The van der Waals surface area contributed by atoms with Crippen molar-refractivity contribution in [1.29, 1.82) is 0 Å². The summed E-state index contributed by atoms with van der Waals surface area (Å²) in [5.41, 5.74) is 1.31. The average molecular weight is 343 g/mol. The first-order chi connectivity index (χ1) is 10.7. The van der Waals surface area contributed by atoms with Gasteiger partial charge < -0.3 is 4.90 Å². The van der Waals surface area contributed by atoms with E-state index < -0.39 is 10.0 Å². The smallest absolute Gasteiger partial charge is 0.247 e. The second kappa shape index (κ2) is 6.91. The Morgan fingerprint density at radius 3 is 2.48 bits per heavy atom. The molecule has 6 nitrogen and oxygen atoms in total. The van der Waals surface area contributed by atoms with Crippen LogP contribution in [0.15, 0.2) is 4.90 Å². The molecular weight excluding hydrogens is 312 g/mol. The van der Waals surface area contributed by atoms with Crippen molar-refractivity contribution in [3.63, 3.8) is 0 Å². The molecule has 0 spiro atoms. The highest BCUT2D eigenvalue weighted by atomic mass is 32.2. The molecular formula is C16H30N4O2S. The Hall–Kier alpha value is -0.920. The maximum atomic E-state index is 13.3. The van der Waals surface area contributed by atoms with Crippen LogP contribution in [0.25, 0.3) is 0 Å². The van der Waals surface area contributed by atoms with Crippen LogP contribution >= 0.6 is 0 Å². The van der Waals surface area contributed by atoms with Crippen molar-refractivity contribution in [2.75, 3.05) is 27.2 Å². The Kier molecular flexibility index (Phi) is 5.53. The Balaban J connectivity index is 2.39. The van der Waals surface area contributed by atoms with Crippen LogP contribution in [0.5, 0.6) is 0 Å². The number of sulfonamides is 1. The molecule has 0 aromatic carbocycles. The molecule has 2 heterocycles. The standard InChI is InChI=1S/C16H30N4O2S/c1-12(11-18(4)5)15-9-7-8-10-20(15)23(21,22)16-13(2)17-19(6)14(16)3/h12,15H,7-11H2,1-6H3. The third-order valence-electron chi connectivity index (χ3n) is 4.82. The zero-order valence-corrected chi connectivity index (χ0v) is 16.0. The molecule has 7 heteroatoms. The summed E-state index contributed by atoms with van der Waals surface area (Å²) >= 11 is 0. The van der Waals surface area contributed by atoms with E-state index in [9.17, 15) is 8.42 Å². The topological polar surface area (TPSA) is 58.4 Å². The monoisotopic (exact) mass is 342 g/mol. The summed E-state index contributed by atoms with van der Waals surface area (Å²) in [6, 6.07) is 0.0650. The van der Waals surface area contributed by atoms with Gasteiger partial charge in [-0.05, 0) is 46.7 Å². The van der Waals surface area contributed by atoms with E-state index in [1.807, 2.05) is 21.0 Å². The summed E-state index contributed by atoms with van der Waals surface area (Å²) < 4.78 is 30.0. The van der Waals surface area contributed by atoms with E-state index in [1.165, 1.54) is 0 Å². The zero-order chi connectivity index (χ0) is 17.4. The predicted octanol–water partition coefficient (Wildman–Crippen LogP) is 1.78. The van der Waals surface area contributed by atoms with Crippen LogP contribution in [0.4, 0.5) is 0 Å². The van der Waals surface area contributed by atoms with Gasteiger partial charge in [0.2, 0.25) is 10.0 Å². The minimum atomic E-state index is -3.50. The molecule has 1 aliphatic rings. The number of aromatic nitrogens is 2. The van der Waals surface area contributed by atoms with Crippen molar-refractivity contribution in [1.82, 2.24) is 19.0 Å². The Bertz CT molecular complexity index is 651. The molecule has 1 saturated heterocycles. The minimum Gasteiger partial charge on any atom is -0.309 e. The van der Waals surface area contributed by atoms with E-state index >= 15 is 0 Å². The van der Waals surface area contributed by atoms with E-state index in [0.717, 1.165) is 25.8 Å². The maximum Gasteiger partial charge on any atom is 0.247 e. The van der Waals surface area contributed by atoms with Gasteiger partial charge in [0.25, 0.3) is 0 Å². The summed E-state index contributed by atoms with van der Waals surface area (Å²) in [6.07, 6.45) is 2.97. The lowest BCUT2D eigenvalue weighted by Crippen LogP contribution is -2.49. The first-order valence-corrected chi connectivity index (χ1v) is 9.77. The Morgan fingerprint density at radius 1 is 1.30 bits per heavy atom. The minimum absolute atomic E-state index is 0.0650. The molecule has 132 valence electrons. The molecule has 2 unspecified atom stereocenters. The van der Waals surface area contributed by atoms with Gasteiger partial charge in [0.05, 0.1) is 11.4 Å². The lowest BCUT2D eigenvalue weighted by molar-refractivity contribution is 0.168. The van der Waals surface area contributed by atoms with E-state index in [1.54, 1.807) is 23.0 Å². The quantitative estimate of drug-likeness (QED) is 0.818. The van der Waals surface area contributed by atoms with Crippen molar-refractivity contribution < 1.29 is 8.42 Å². The van der Waals surface area contributed by atoms with Gasteiger partial charge in [-0.3, -0.25) is 4.68 Å². The molecule has 2 atom stereocenters. The molecule has 0 aliphatic carbocycles. The normalized spacial score (nSPS) is 21.8. The van der Waals surface area contributed by atoms with Crippen LogP contribution in [0.2, 0.25) is 0 Å². The molecule has 1 aromatic heterocycles. The van der Waals surface area contributed by atoms with Gasteiger partial charge >= 0.3 is 0 Å². The zero-order valence-electron chi connectivity index (χ0n) is 15.2. The molecule has 23 heavy (non-hydrogen) atoms. The Morgan fingerprint density at radius 2 is 1.96 bits per heavy atom. The van der Waals surface area contributed by atoms with Crippen LogP contribution in [0.3, 0.4) is 0 Å². The predicted molar refractivity (Wildman–Crippen MR) is 91.9 cm³/mol. The van der Waals surface area contributed by atoms with Gasteiger partial charge in [-0.15, -0.1) is 0 Å². The number of hydrogen-bond acceptors (Lipinski definition) is 4. The number of aryl methyl sites for hydroxylation is 2. The lowest BCUT2D eigenvalue weighted by atomic mass is 9.93. The maximum absolute atomic E-state index is 13.3. The second-order valence-electron chi connectivity index (χ2n) is 7.04. The summed E-state index contributed by atoms with van der Waals surface area (Å²) in [6.45, 7) is 7.26. The van der Waals surface area contributed by atoms with Gasteiger partial charge in [-0.2, -0.15) is 9.40 Å². The van der Waals surface area contributed by atoms with Crippen molar-refractivity contribution in [2.24, 2.45) is 13.0 Å². The van der Waals surface area contributed by atoms with E-state index in [0.29, 0.717) is 28.7 Å². The molecule has 0 N–H and O–H groups in total. The highest BCUT2D eigenvalue weighted by Gasteiger charge is 2.38. The van der Waals surface area contributed by atoms with E-state index in [-0.39, 0.29) is 6.04 Å². The fraction of sp³-hybridized carbons (Fsp3) is 0.812. The van der Waals surface area contributed by atoms with Crippen molar-refractivity contribution in [3.8, 4) is 0 Å². The van der Waals surface area contributed by atoms with Crippen molar-refractivity contribution in [2.45, 2.75) is 51.0 Å². The summed E-state index contributed by atoms with van der Waals surface area (Å²) in [7, 11) is 2.36. The molecule has 1 aromatic rings. The van der Waals surface area contributed by atoms with Crippen molar-refractivity contribution >= 4 is 10.0 Å². The summed E-state index contributed by atoms with van der Waals surface area (Å²) in [5, 5.41) is 4.29. The van der Waals surface area contributed by atoms with Crippen LogP contribution in [-0.2, 0) is 17.1 Å². The number of nitrogens with zero attached hydrogens (tertiary/aromatic N) is 4. The number of hydrogen-bond donors (Lipinski definition) is 0. The highest BCUT2D eigenvalue weighted by Crippen LogP contribution is 2.32. The molecule has 1 aliphatic heterocycles. The van der Waals surface area contributed by atoms with Gasteiger partial charge in [-0.25, -0.2) is 8.42 Å². The highest BCUT2D eigenvalue weighted by molar-refractivity contribution is 7.89. The lowest BCUT2D eigenvalue weighted by Gasteiger charge is -2.39. The van der Waals surface area contributed by atoms with E-state index in [4.69, 9.17) is 0 Å². The summed E-state index contributed by atoms with van der Waals surface area (Å²) in [4.78, 5) is 2.52. The molecule has 2 rings (SSSR count). The average Bonchev–Trinajstić information content (AvgIpc) is 2.71. The van der Waals surface area contributed by atoms with Gasteiger partial charge in [0.15, 0.2) is 0 Å². The molecule has 0 radical (unpaired) electrons. The Labute approximate surface area is 140 Å². The first-order valence-electron chi connectivity index (χ1n) is 8.33. The molecule has 0 saturated carbocycles. The third-order valence-corrected chi connectivity index (χ3v) is 7.00. The number of rotatable bonds is 5.